The number of amides is 1. The normalized spacial score (nSPS) is 11.6. The van der Waals surface area contributed by atoms with Gasteiger partial charge in [0, 0.05) is 33.3 Å². The Morgan fingerprint density at radius 2 is 1.60 bits per heavy atom. The summed E-state index contributed by atoms with van der Waals surface area (Å²) in [5.74, 6) is -0.206. The van der Waals surface area contributed by atoms with E-state index in [0.717, 1.165) is 15.4 Å². The highest BCUT2D eigenvalue weighted by Crippen LogP contribution is 2.24. The molecule has 0 aliphatic heterocycles. The molecule has 0 saturated heterocycles. The number of benzene rings is 2. The van der Waals surface area contributed by atoms with E-state index < -0.39 is 10.0 Å². The summed E-state index contributed by atoms with van der Waals surface area (Å²) in [5, 5.41) is 0. The molecule has 0 bridgehead atoms. The lowest BCUT2D eigenvalue weighted by Crippen LogP contribution is -2.28. The molecule has 134 valence electrons. The summed E-state index contributed by atoms with van der Waals surface area (Å²) in [6.45, 7) is 4.04. The minimum atomic E-state index is -3.61. The molecule has 2 rings (SSSR count). The summed E-state index contributed by atoms with van der Waals surface area (Å²) in [6, 6.07) is 12.9. The number of carbonyl (C=O) groups excluding carboxylic acids is 1. The predicted octanol–water partition coefficient (Wildman–Crippen LogP) is 2.83. The second kappa shape index (κ2) is 7.37. The number of hydrogen-bond donors (Lipinski definition) is 0. The first-order valence-electron chi connectivity index (χ1n) is 7.97. The van der Waals surface area contributed by atoms with Gasteiger partial charge in [-0.15, -0.1) is 0 Å². The van der Waals surface area contributed by atoms with Gasteiger partial charge in [-0.1, -0.05) is 30.3 Å². The number of rotatable bonds is 5. The van der Waals surface area contributed by atoms with Crippen molar-refractivity contribution in [2.45, 2.75) is 25.3 Å². The van der Waals surface area contributed by atoms with Crippen molar-refractivity contribution in [3.63, 3.8) is 0 Å². The molecule has 0 aromatic heterocycles. The Kier molecular flexibility index (Phi) is 5.65. The van der Waals surface area contributed by atoms with Crippen molar-refractivity contribution >= 4 is 15.9 Å². The van der Waals surface area contributed by atoms with E-state index in [4.69, 9.17) is 0 Å². The Labute approximate surface area is 149 Å². The van der Waals surface area contributed by atoms with Crippen LogP contribution in [0.4, 0.5) is 0 Å². The molecule has 6 heteroatoms. The molecular weight excluding hydrogens is 336 g/mol. The van der Waals surface area contributed by atoms with Gasteiger partial charge in [0.2, 0.25) is 10.0 Å². The Hall–Kier alpha value is -2.18. The van der Waals surface area contributed by atoms with Crippen LogP contribution in [0.25, 0.3) is 0 Å². The number of hydrogen-bond acceptors (Lipinski definition) is 3. The van der Waals surface area contributed by atoms with Gasteiger partial charge in [0.15, 0.2) is 0 Å². The molecule has 0 atom stereocenters. The second-order valence-electron chi connectivity index (χ2n) is 6.35. The number of aryl methyl sites for hydroxylation is 1. The standard InChI is InChI=1S/C19H24N2O3S/c1-14-11-17(12-18(15(14)2)25(23,24)20(3)4)19(22)21(5)13-16-9-7-6-8-10-16/h6-12H,13H2,1-5H3. The van der Waals surface area contributed by atoms with Crippen LogP contribution in [0.2, 0.25) is 0 Å². The van der Waals surface area contributed by atoms with Crippen LogP contribution in [0.15, 0.2) is 47.4 Å². The fourth-order valence-electron chi connectivity index (χ4n) is 2.56. The molecule has 1 amide bonds. The molecule has 0 spiro atoms. The smallest absolute Gasteiger partial charge is 0.253 e. The molecule has 25 heavy (non-hydrogen) atoms. The van der Waals surface area contributed by atoms with Gasteiger partial charge < -0.3 is 4.90 Å². The zero-order valence-corrected chi connectivity index (χ0v) is 16.1. The molecule has 2 aromatic carbocycles. The molecule has 0 aliphatic carbocycles. The first kappa shape index (κ1) is 19.1. The van der Waals surface area contributed by atoms with Crippen molar-refractivity contribution in [2.75, 3.05) is 21.1 Å². The van der Waals surface area contributed by atoms with Crippen LogP contribution < -0.4 is 0 Å². The summed E-state index contributed by atoms with van der Waals surface area (Å²) >= 11 is 0. The summed E-state index contributed by atoms with van der Waals surface area (Å²) < 4.78 is 26.2. The van der Waals surface area contributed by atoms with E-state index in [1.807, 2.05) is 37.3 Å². The SMILES string of the molecule is Cc1cc(C(=O)N(C)Cc2ccccc2)cc(S(=O)(=O)N(C)C)c1C. The summed E-state index contributed by atoms with van der Waals surface area (Å²) in [5.41, 5.74) is 2.83. The van der Waals surface area contributed by atoms with E-state index in [2.05, 4.69) is 0 Å². The maximum absolute atomic E-state index is 12.8. The highest BCUT2D eigenvalue weighted by atomic mass is 32.2. The minimum absolute atomic E-state index is 0.175. The van der Waals surface area contributed by atoms with Crippen LogP contribution in [0.5, 0.6) is 0 Å². The van der Waals surface area contributed by atoms with Crippen LogP contribution in [-0.4, -0.2) is 44.7 Å². The van der Waals surface area contributed by atoms with Crippen LogP contribution in [0.3, 0.4) is 0 Å². The lowest BCUT2D eigenvalue weighted by Gasteiger charge is -2.20. The zero-order valence-electron chi connectivity index (χ0n) is 15.3. The van der Waals surface area contributed by atoms with Crippen LogP contribution in [0.1, 0.15) is 27.0 Å². The second-order valence-corrected chi connectivity index (χ2v) is 8.47. The minimum Gasteiger partial charge on any atom is -0.337 e. The van der Waals surface area contributed by atoms with Crippen LogP contribution >= 0.6 is 0 Å². The molecule has 0 saturated carbocycles. The maximum Gasteiger partial charge on any atom is 0.253 e. The average Bonchev–Trinajstić information content (AvgIpc) is 2.57. The third kappa shape index (κ3) is 4.08. The summed E-state index contributed by atoms with van der Waals surface area (Å²) in [6.07, 6.45) is 0. The van der Waals surface area contributed by atoms with Gasteiger partial charge in [0.25, 0.3) is 5.91 Å². The van der Waals surface area contributed by atoms with Crippen molar-refractivity contribution in [1.82, 2.24) is 9.21 Å². The summed E-state index contributed by atoms with van der Waals surface area (Å²) in [7, 11) is 1.08. The van der Waals surface area contributed by atoms with E-state index in [1.165, 1.54) is 20.2 Å². The van der Waals surface area contributed by atoms with E-state index in [9.17, 15) is 13.2 Å². The van der Waals surface area contributed by atoms with Crippen molar-refractivity contribution < 1.29 is 13.2 Å². The van der Waals surface area contributed by atoms with Crippen molar-refractivity contribution in [1.29, 1.82) is 0 Å². The van der Waals surface area contributed by atoms with Crippen molar-refractivity contribution in [2.24, 2.45) is 0 Å². The van der Waals surface area contributed by atoms with Crippen LogP contribution in [-0.2, 0) is 16.6 Å². The molecule has 0 fully saturated rings. The lowest BCUT2D eigenvalue weighted by molar-refractivity contribution is 0.0784. The molecule has 5 nitrogen and oxygen atoms in total. The quantitative estimate of drug-likeness (QED) is 0.824. The third-order valence-corrected chi connectivity index (χ3v) is 6.18. The van der Waals surface area contributed by atoms with Gasteiger partial charge in [-0.05, 0) is 42.7 Å². The topological polar surface area (TPSA) is 57.7 Å². The lowest BCUT2D eigenvalue weighted by atomic mass is 10.1. The van der Waals surface area contributed by atoms with E-state index in [1.54, 1.807) is 24.9 Å². The van der Waals surface area contributed by atoms with Gasteiger partial charge in [0.05, 0.1) is 4.90 Å². The van der Waals surface area contributed by atoms with Gasteiger partial charge in [-0.3, -0.25) is 4.79 Å². The summed E-state index contributed by atoms with van der Waals surface area (Å²) in [4.78, 5) is 14.5. The zero-order chi connectivity index (χ0) is 18.8. The molecule has 0 aliphatic rings. The number of nitrogens with zero attached hydrogens (tertiary/aromatic N) is 2. The monoisotopic (exact) mass is 360 g/mol. The first-order chi connectivity index (χ1) is 11.6. The average molecular weight is 360 g/mol. The highest BCUT2D eigenvalue weighted by molar-refractivity contribution is 7.89. The number of sulfonamides is 1. The molecule has 0 N–H and O–H groups in total. The predicted molar refractivity (Wildman–Crippen MR) is 99.0 cm³/mol. The van der Waals surface area contributed by atoms with Crippen molar-refractivity contribution in [3.8, 4) is 0 Å². The Morgan fingerprint density at radius 3 is 2.16 bits per heavy atom. The molecule has 0 unspecified atom stereocenters. The fourth-order valence-corrected chi connectivity index (χ4v) is 3.78. The Bertz CT molecular complexity index is 875. The molecular formula is C19H24N2O3S. The van der Waals surface area contributed by atoms with E-state index in [0.29, 0.717) is 17.7 Å². The third-order valence-electron chi connectivity index (χ3n) is 4.23. The van der Waals surface area contributed by atoms with E-state index >= 15 is 0 Å². The largest absolute Gasteiger partial charge is 0.337 e. The van der Waals surface area contributed by atoms with Gasteiger partial charge in [0.1, 0.15) is 0 Å². The number of carbonyl (C=O) groups is 1. The van der Waals surface area contributed by atoms with Crippen LogP contribution in [0, 0.1) is 13.8 Å². The van der Waals surface area contributed by atoms with Crippen molar-refractivity contribution in [3.05, 3.63) is 64.7 Å². The highest BCUT2D eigenvalue weighted by Gasteiger charge is 2.23. The first-order valence-corrected chi connectivity index (χ1v) is 9.41. The maximum atomic E-state index is 12.8. The molecule has 0 heterocycles. The Balaban J connectivity index is 2.39. The molecule has 0 radical (unpaired) electrons. The van der Waals surface area contributed by atoms with Gasteiger partial charge in [-0.25, -0.2) is 12.7 Å². The van der Waals surface area contributed by atoms with Gasteiger partial charge >= 0.3 is 0 Å². The Morgan fingerprint density at radius 1 is 1.00 bits per heavy atom. The fraction of sp³-hybridized carbons (Fsp3) is 0.316. The van der Waals surface area contributed by atoms with Gasteiger partial charge in [-0.2, -0.15) is 0 Å². The molecule has 2 aromatic rings. The van der Waals surface area contributed by atoms with E-state index in [-0.39, 0.29) is 10.8 Å².